The minimum absolute atomic E-state index is 0. The number of rotatable bonds is 10. The molecule has 0 amide bonds. The van der Waals surface area contributed by atoms with E-state index in [0.717, 1.165) is 17.4 Å². The van der Waals surface area contributed by atoms with Crippen molar-refractivity contribution in [1.29, 1.82) is 0 Å². The molecule has 0 spiro atoms. The second-order valence-corrected chi connectivity index (χ2v) is 8.18. The molecule has 5 rings (SSSR count). The summed E-state index contributed by atoms with van der Waals surface area (Å²) in [4.78, 5) is 14.7. The van der Waals surface area contributed by atoms with Gasteiger partial charge in [0.15, 0.2) is 5.82 Å². The Morgan fingerprint density at radius 1 is 1.06 bits per heavy atom. The summed E-state index contributed by atoms with van der Waals surface area (Å²) in [5, 5.41) is 16.1. The number of ether oxygens (including phenoxy) is 2. The lowest BCUT2D eigenvalue weighted by Crippen LogP contribution is -2.22. The molecule has 10 nitrogen and oxygen atoms in total. The van der Waals surface area contributed by atoms with Gasteiger partial charge in [-0.05, 0) is 51.0 Å². The van der Waals surface area contributed by atoms with Crippen molar-refractivity contribution in [1.82, 2.24) is 35.3 Å². The summed E-state index contributed by atoms with van der Waals surface area (Å²) in [5.41, 5.74) is 0.785. The molecule has 11 heteroatoms. The van der Waals surface area contributed by atoms with Crippen molar-refractivity contribution >= 4 is 34.9 Å². The molecule has 0 radical (unpaired) electrons. The quantitative estimate of drug-likeness (QED) is 0.319. The summed E-state index contributed by atoms with van der Waals surface area (Å²) in [5.74, 6) is 3.05. The van der Waals surface area contributed by atoms with Crippen LogP contribution in [0.1, 0.15) is 32.7 Å². The van der Waals surface area contributed by atoms with Crippen molar-refractivity contribution < 1.29 is 9.47 Å². The number of hydrogen-bond acceptors (Lipinski definition) is 9. The van der Waals surface area contributed by atoms with Gasteiger partial charge in [-0.3, -0.25) is 0 Å². The van der Waals surface area contributed by atoms with E-state index >= 15 is 0 Å². The molecule has 0 aliphatic heterocycles. The number of benzene rings is 1. The number of anilines is 2. The maximum Gasteiger partial charge on any atom is 0.219 e. The summed E-state index contributed by atoms with van der Waals surface area (Å²) in [6.07, 6.45) is 7.39. The van der Waals surface area contributed by atoms with Gasteiger partial charge in [0.25, 0.3) is 0 Å². The van der Waals surface area contributed by atoms with Crippen molar-refractivity contribution in [3.8, 4) is 17.4 Å². The van der Waals surface area contributed by atoms with E-state index in [-0.39, 0.29) is 18.4 Å². The second-order valence-electron chi connectivity index (χ2n) is 8.18. The molecule has 0 atom stereocenters. The summed E-state index contributed by atoms with van der Waals surface area (Å²) in [6.45, 7) is 5.50. The molecular weight excluding hydrogens is 456 g/mol. The second kappa shape index (κ2) is 10.6. The predicted molar refractivity (Wildman–Crippen MR) is 131 cm³/mol. The number of halogens is 1. The van der Waals surface area contributed by atoms with Crippen LogP contribution in [-0.4, -0.2) is 49.1 Å². The number of aromatic nitrogens is 6. The highest BCUT2D eigenvalue weighted by Gasteiger charge is 2.19. The van der Waals surface area contributed by atoms with Gasteiger partial charge in [-0.2, -0.15) is 9.90 Å². The summed E-state index contributed by atoms with van der Waals surface area (Å²) >= 11 is 0. The Bertz CT molecular complexity index is 1230. The number of nitrogens with zero attached hydrogens (tertiary/aromatic N) is 6. The molecule has 2 N–H and O–H groups in total. The Morgan fingerprint density at radius 3 is 2.65 bits per heavy atom. The van der Waals surface area contributed by atoms with Gasteiger partial charge < -0.3 is 20.1 Å². The van der Waals surface area contributed by atoms with Gasteiger partial charge in [0.05, 0.1) is 24.0 Å². The normalized spacial score (nSPS) is 13.0. The van der Waals surface area contributed by atoms with Gasteiger partial charge in [-0.1, -0.05) is 0 Å². The Labute approximate surface area is 203 Å². The average Bonchev–Trinajstić information content (AvgIpc) is 3.53. The fourth-order valence-electron chi connectivity index (χ4n) is 3.25. The molecule has 178 valence electrons. The fourth-order valence-corrected chi connectivity index (χ4v) is 3.25. The standard InChI is InChI=1S/C23H26N8O2.ClH/c1-15(2)31-28-13-21(30-31)29-23-19-11-17(5-7-20(19)26-14-27-23)33-22-8-6-18(12-25-22)32-10-9-24-16-3-4-16;/h5-8,11-16,24H,3-4,9-10H2,1-2H3,(H,26,27,29,30);1H. The summed E-state index contributed by atoms with van der Waals surface area (Å²) in [6, 6.07) is 10.1. The SMILES string of the molecule is CC(C)n1ncc(Nc2ncnc3ccc(Oc4ccc(OCCNC5CC5)cn4)cc23)n1.Cl. The first-order chi connectivity index (χ1) is 16.1. The van der Waals surface area contributed by atoms with Gasteiger partial charge in [-0.15, -0.1) is 17.5 Å². The molecule has 1 aliphatic carbocycles. The van der Waals surface area contributed by atoms with Crippen molar-refractivity contribution in [3.05, 3.63) is 49.1 Å². The van der Waals surface area contributed by atoms with E-state index in [9.17, 15) is 0 Å². The molecule has 3 heterocycles. The number of hydrogen-bond donors (Lipinski definition) is 2. The molecule has 1 fully saturated rings. The van der Waals surface area contributed by atoms with Crippen LogP contribution in [-0.2, 0) is 0 Å². The highest BCUT2D eigenvalue weighted by atomic mass is 35.5. The van der Waals surface area contributed by atoms with Crippen LogP contribution in [0.3, 0.4) is 0 Å². The molecule has 0 saturated heterocycles. The van der Waals surface area contributed by atoms with E-state index in [1.54, 1.807) is 23.3 Å². The lowest BCUT2D eigenvalue weighted by atomic mass is 10.2. The van der Waals surface area contributed by atoms with Crippen LogP contribution in [0, 0.1) is 0 Å². The predicted octanol–water partition coefficient (Wildman–Crippen LogP) is 4.29. The van der Waals surface area contributed by atoms with Crippen molar-refractivity contribution in [2.45, 2.75) is 38.8 Å². The third kappa shape index (κ3) is 5.89. The molecule has 1 aromatic carbocycles. The minimum atomic E-state index is 0. The topological polar surface area (TPSA) is 112 Å². The molecular formula is C23H27ClN8O2. The molecule has 3 aromatic heterocycles. The van der Waals surface area contributed by atoms with Crippen LogP contribution >= 0.6 is 12.4 Å². The third-order valence-corrected chi connectivity index (χ3v) is 5.14. The number of fused-ring (bicyclic) bond motifs is 1. The first-order valence-electron chi connectivity index (χ1n) is 11.1. The minimum Gasteiger partial charge on any atom is -0.491 e. The highest BCUT2D eigenvalue weighted by Crippen LogP contribution is 2.29. The van der Waals surface area contributed by atoms with Crippen LogP contribution in [0.5, 0.6) is 17.4 Å². The fraction of sp³-hybridized carbons (Fsp3) is 0.348. The largest absolute Gasteiger partial charge is 0.491 e. The maximum absolute atomic E-state index is 5.95. The van der Waals surface area contributed by atoms with Crippen molar-refractivity contribution in [2.24, 2.45) is 0 Å². The zero-order valence-corrected chi connectivity index (χ0v) is 19.8. The van der Waals surface area contributed by atoms with Crippen LogP contribution < -0.4 is 20.1 Å². The van der Waals surface area contributed by atoms with Gasteiger partial charge >= 0.3 is 0 Å². The van der Waals surface area contributed by atoms with E-state index in [2.05, 4.69) is 35.8 Å². The summed E-state index contributed by atoms with van der Waals surface area (Å²) < 4.78 is 11.7. The Hall–Kier alpha value is -3.50. The Balaban J connectivity index is 0.00000274. The summed E-state index contributed by atoms with van der Waals surface area (Å²) in [7, 11) is 0. The Kier molecular flexibility index (Phi) is 7.39. The van der Waals surface area contributed by atoms with Crippen LogP contribution in [0.15, 0.2) is 49.1 Å². The maximum atomic E-state index is 5.95. The van der Waals surface area contributed by atoms with Gasteiger partial charge in [0.2, 0.25) is 5.88 Å². The molecule has 1 aliphatic rings. The van der Waals surface area contributed by atoms with Gasteiger partial charge in [-0.25, -0.2) is 15.0 Å². The molecule has 1 saturated carbocycles. The van der Waals surface area contributed by atoms with E-state index in [1.165, 1.54) is 19.2 Å². The molecule has 34 heavy (non-hydrogen) atoms. The monoisotopic (exact) mass is 482 g/mol. The average molecular weight is 483 g/mol. The van der Waals surface area contributed by atoms with Crippen molar-refractivity contribution in [3.63, 3.8) is 0 Å². The van der Waals surface area contributed by atoms with E-state index < -0.39 is 0 Å². The Morgan fingerprint density at radius 2 is 1.91 bits per heavy atom. The van der Waals surface area contributed by atoms with E-state index in [1.807, 2.05) is 38.1 Å². The first kappa shape index (κ1) is 23.7. The molecule has 0 bridgehead atoms. The highest BCUT2D eigenvalue weighted by molar-refractivity contribution is 5.91. The van der Waals surface area contributed by atoms with Crippen LogP contribution in [0.25, 0.3) is 10.9 Å². The van der Waals surface area contributed by atoms with Crippen molar-refractivity contribution in [2.75, 3.05) is 18.5 Å². The lowest BCUT2D eigenvalue weighted by Gasteiger charge is -2.10. The smallest absolute Gasteiger partial charge is 0.219 e. The lowest BCUT2D eigenvalue weighted by molar-refractivity contribution is 0.311. The van der Waals surface area contributed by atoms with Crippen LogP contribution in [0.4, 0.5) is 11.6 Å². The molecule has 0 unspecified atom stereocenters. The zero-order chi connectivity index (χ0) is 22.6. The third-order valence-electron chi connectivity index (χ3n) is 5.14. The first-order valence-corrected chi connectivity index (χ1v) is 11.1. The number of nitrogens with one attached hydrogen (secondary N) is 2. The number of pyridine rings is 1. The zero-order valence-electron chi connectivity index (χ0n) is 19.0. The van der Waals surface area contributed by atoms with Gasteiger partial charge in [0, 0.05) is 24.0 Å². The van der Waals surface area contributed by atoms with Crippen LogP contribution in [0.2, 0.25) is 0 Å². The van der Waals surface area contributed by atoms with E-state index in [4.69, 9.17) is 9.47 Å². The molecule has 4 aromatic rings. The van der Waals surface area contributed by atoms with E-state index in [0.29, 0.717) is 41.7 Å². The van der Waals surface area contributed by atoms with Gasteiger partial charge in [0.1, 0.15) is 30.3 Å².